The lowest BCUT2D eigenvalue weighted by Gasteiger charge is -2.17. The zero-order chi connectivity index (χ0) is 16.7. The third-order valence-electron chi connectivity index (χ3n) is 3.87. The summed E-state index contributed by atoms with van der Waals surface area (Å²) in [6, 6.07) is 8.09. The summed E-state index contributed by atoms with van der Waals surface area (Å²) in [7, 11) is 0. The summed E-state index contributed by atoms with van der Waals surface area (Å²) >= 11 is 0. The van der Waals surface area contributed by atoms with Crippen LogP contribution in [0.15, 0.2) is 30.3 Å². The van der Waals surface area contributed by atoms with Crippen LogP contribution in [0, 0.1) is 0 Å². The van der Waals surface area contributed by atoms with Crippen molar-refractivity contribution in [2.45, 2.75) is 32.2 Å². The molecule has 1 aromatic rings. The highest BCUT2D eigenvalue weighted by atomic mass is 16.2. The minimum atomic E-state index is -0.649. The maximum Gasteiger partial charge on any atom is 0.251 e. The molecule has 0 radical (unpaired) electrons. The lowest BCUT2D eigenvalue weighted by Crippen LogP contribution is -2.45. The molecule has 0 bridgehead atoms. The second kappa shape index (κ2) is 8.31. The van der Waals surface area contributed by atoms with Crippen molar-refractivity contribution in [3.05, 3.63) is 35.9 Å². The van der Waals surface area contributed by atoms with Gasteiger partial charge in [0.1, 0.15) is 6.04 Å². The van der Waals surface area contributed by atoms with Crippen LogP contribution in [0.2, 0.25) is 0 Å². The van der Waals surface area contributed by atoms with Crippen molar-refractivity contribution < 1.29 is 14.4 Å². The van der Waals surface area contributed by atoms with Crippen LogP contribution < -0.4 is 10.6 Å². The highest BCUT2D eigenvalue weighted by Crippen LogP contribution is 2.08. The molecule has 1 unspecified atom stereocenters. The van der Waals surface area contributed by atoms with E-state index in [1.54, 1.807) is 31.2 Å². The zero-order valence-electron chi connectivity index (χ0n) is 13.4. The van der Waals surface area contributed by atoms with Gasteiger partial charge >= 0.3 is 0 Å². The fraction of sp³-hybridized carbons (Fsp3) is 0.471. The van der Waals surface area contributed by atoms with Crippen molar-refractivity contribution in [1.29, 1.82) is 0 Å². The van der Waals surface area contributed by atoms with Gasteiger partial charge < -0.3 is 15.5 Å². The van der Waals surface area contributed by atoms with Gasteiger partial charge in [0.2, 0.25) is 11.8 Å². The van der Waals surface area contributed by atoms with Crippen LogP contribution >= 0.6 is 0 Å². The van der Waals surface area contributed by atoms with Crippen LogP contribution in [-0.2, 0) is 9.59 Å². The van der Waals surface area contributed by atoms with Crippen molar-refractivity contribution >= 4 is 17.7 Å². The molecule has 1 aliphatic rings. The van der Waals surface area contributed by atoms with Crippen LogP contribution in [0.3, 0.4) is 0 Å². The smallest absolute Gasteiger partial charge is 0.251 e. The van der Waals surface area contributed by atoms with Gasteiger partial charge in [-0.15, -0.1) is 0 Å². The molecule has 0 aliphatic carbocycles. The largest absolute Gasteiger partial charge is 0.354 e. The predicted molar refractivity (Wildman–Crippen MR) is 86.8 cm³/mol. The monoisotopic (exact) mass is 317 g/mol. The van der Waals surface area contributed by atoms with Crippen LogP contribution in [0.1, 0.15) is 36.5 Å². The number of hydrogen-bond acceptors (Lipinski definition) is 3. The summed E-state index contributed by atoms with van der Waals surface area (Å²) in [5.41, 5.74) is 0.511. The third kappa shape index (κ3) is 5.09. The van der Waals surface area contributed by atoms with Gasteiger partial charge in [0, 0.05) is 31.6 Å². The Kier molecular flexibility index (Phi) is 6.14. The predicted octanol–water partition coefficient (Wildman–Crippen LogP) is 0.934. The number of hydrogen-bond donors (Lipinski definition) is 2. The molecule has 0 aromatic heterocycles. The Morgan fingerprint density at radius 3 is 2.43 bits per heavy atom. The second-order valence-corrected chi connectivity index (χ2v) is 5.69. The van der Waals surface area contributed by atoms with Gasteiger partial charge in [0.05, 0.1) is 0 Å². The van der Waals surface area contributed by atoms with E-state index in [0.29, 0.717) is 18.5 Å². The van der Waals surface area contributed by atoms with Gasteiger partial charge in [0.15, 0.2) is 0 Å². The SMILES string of the molecule is CC(NC(=O)c1ccccc1)C(=O)NCCC(=O)N1CCCC1. The van der Waals surface area contributed by atoms with Crippen molar-refractivity contribution in [3.8, 4) is 0 Å². The Morgan fingerprint density at radius 1 is 1.13 bits per heavy atom. The molecule has 124 valence electrons. The summed E-state index contributed by atoms with van der Waals surface area (Å²) < 4.78 is 0. The van der Waals surface area contributed by atoms with Gasteiger partial charge in [-0.3, -0.25) is 14.4 Å². The topological polar surface area (TPSA) is 78.5 Å². The molecule has 2 N–H and O–H groups in total. The Balaban J connectivity index is 1.70. The molecule has 0 saturated carbocycles. The first-order valence-electron chi connectivity index (χ1n) is 7.99. The Hall–Kier alpha value is -2.37. The van der Waals surface area contributed by atoms with E-state index in [-0.39, 0.29) is 17.7 Å². The Bertz CT molecular complexity index is 553. The number of likely N-dealkylation sites (tertiary alicyclic amines) is 1. The first-order valence-corrected chi connectivity index (χ1v) is 7.99. The lowest BCUT2D eigenvalue weighted by atomic mass is 10.2. The maximum atomic E-state index is 12.0. The number of rotatable bonds is 6. The molecule has 1 saturated heterocycles. The van der Waals surface area contributed by atoms with E-state index in [0.717, 1.165) is 25.9 Å². The van der Waals surface area contributed by atoms with Crippen molar-refractivity contribution in [3.63, 3.8) is 0 Å². The summed E-state index contributed by atoms with van der Waals surface area (Å²) in [6.07, 6.45) is 2.41. The molecule has 1 aromatic carbocycles. The molecule has 1 atom stereocenters. The molecule has 1 fully saturated rings. The van der Waals surface area contributed by atoms with Crippen LogP contribution in [-0.4, -0.2) is 48.3 Å². The number of carbonyl (C=O) groups is 3. The molecule has 3 amide bonds. The van der Waals surface area contributed by atoms with Gasteiger partial charge in [-0.25, -0.2) is 0 Å². The standard InChI is InChI=1S/C17H23N3O3/c1-13(19-17(23)14-7-3-2-4-8-14)16(22)18-10-9-15(21)20-11-5-6-12-20/h2-4,7-8,13H,5-6,9-12H2,1H3,(H,18,22)(H,19,23). The number of carbonyl (C=O) groups excluding carboxylic acids is 3. The fourth-order valence-electron chi connectivity index (χ4n) is 2.51. The zero-order valence-corrected chi connectivity index (χ0v) is 13.4. The van der Waals surface area contributed by atoms with Crippen LogP contribution in [0.4, 0.5) is 0 Å². The van der Waals surface area contributed by atoms with E-state index >= 15 is 0 Å². The number of nitrogens with zero attached hydrogens (tertiary/aromatic N) is 1. The van der Waals surface area contributed by atoms with Crippen LogP contribution in [0.5, 0.6) is 0 Å². The molecular weight excluding hydrogens is 294 g/mol. The van der Waals surface area contributed by atoms with E-state index in [2.05, 4.69) is 10.6 Å². The summed E-state index contributed by atoms with van der Waals surface area (Å²) in [6.45, 7) is 3.55. The maximum absolute atomic E-state index is 12.0. The van der Waals surface area contributed by atoms with Crippen molar-refractivity contribution in [2.24, 2.45) is 0 Å². The van der Waals surface area contributed by atoms with Gasteiger partial charge in [-0.1, -0.05) is 18.2 Å². The van der Waals surface area contributed by atoms with Crippen molar-refractivity contribution in [1.82, 2.24) is 15.5 Å². The van der Waals surface area contributed by atoms with Gasteiger partial charge in [-0.05, 0) is 31.9 Å². The molecule has 6 heteroatoms. The molecule has 0 spiro atoms. The Labute approximate surface area is 136 Å². The summed E-state index contributed by atoms with van der Waals surface area (Å²) in [4.78, 5) is 37.6. The number of amides is 3. The van der Waals surface area contributed by atoms with E-state index in [1.165, 1.54) is 0 Å². The molecule has 1 aliphatic heterocycles. The average Bonchev–Trinajstić information content (AvgIpc) is 3.10. The third-order valence-corrected chi connectivity index (χ3v) is 3.87. The average molecular weight is 317 g/mol. The lowest BCUT2D eigenvalue weighted by molar-refractivity contribution is -0.130. The van der Waals surface area contributed by atoms with Crippen LogP contribution in [0.25, 0.3) is 0 Å². The second-order valence-electron chi connectivity index (χ2n) is 5.69. The summed E-state index contributed by atoms with van der Waals surface area (Å²) in [5, 5.41) is 5.34. The van der Waals surface area contributed by atoms with E-state index in [4.69, 9.17) is 0 Å². The first kappa shape index (κ1) is 17.0. The normalized spacial score (nSPS) is 15.1. The molecule has 6 nitrogen and oxygen atoms in total. The highest BCUT2D eigenvalue weighted by molar-refractivity contribution is 5.97. The summed E-state index contributed by atoms with van der Waals surface area (Å²) in [5.74, 6) is -0.506. The van der Waals surface area contributed by atoms with Gasteiger partial charge in [0.25, 0.3) is 5.91 Å². The van der Waals surface area contributed by atoms with Gasteiger partial charge in [-0.2, -0.15) is 0 Å². The van der Waals surface area contributed by atoms with E-state index in [9.17, 15) is 14.4 Å². The Morgan fingerprint density at radius 2 is 1.78 bits per heavy atom. The molecule has 23 heavy (non-hydrogen) atoms. The van der Waals surface area contributed by atoms with E-state index in [1.807, 2.05) is 11.0 Å². The van der Waals surface area contributed by atoms with Crippen molar-refractivity contribution in [2.75, 3.05) is 19.6 Å². The quantitative estimate of drug-likeness (QED) is 0.819. The highest BCUT2D eigenvalue weighted by Gasteiger charge is 2.19. The number of nitrogens with one attached hydrogen (secondary N) is 2. The minimum Gasteiger partial charge on any atom is -0.354 e. The molecular formula is C17H23N3O3. The molecule has 1 heterocycles. The number of benzene rings is 1. The fourth-order valence-corrected chi connectivity index (χ4v) is 2.51. The first-order chi connectivity index (χ1) is 11.1. The van der Waals surface area contributed by atoms with E-state index < -0.39 is 6.04 Å². The molecule has 2 rings (SSSR count). The minimum absolute atomic E-state index is 0.0729.